The molecule has 0 spiro atoms. The van der Waals surface area contributed by atoms with Gasteiger partial charge in [0.2, 0.25) is 0 Å². The predicted octanol–water partition coefficient (Wildman–Crippen LogP) is 4.46. The molecule has 2 N–H and O–H groups in total. The number of rotatable bonds is 4. The third-order valence-corrected chi connectivity index (χ3v) is 5.23. The van der Waals surface area contributed by atoms with E-state index in [0.717, 1.165) is 30.2 Å². The normalized spacial score (nSPS) is 30.9. The Hall–Kier alpha value is -0.0400. The first-order chi connectivity index (χ1) is 7.93. The maximum Gasteiger partial charge on any atom is -0.00461 e. The topological polar surface area (TPSA) is 26.0 Å². The third kappa shape index (κ3) is 3.71. The van der Waals surface area contributed by atoms with Crippen LogP contribution in [0.2, 0.25) is 0 Å². The standard InChI is InChI=1S/C16H33N/c1-6-12(7-2)15-10-14(16(3,4)5)9-8-13(15)11-17/h12-15H,6-11,17H2,1-5H3. The smallest absolute Gasteiger partial charge is 0.00461 e. The maximum absolute atomic E-state index is 6.00. The molecule has 0 amide bonds. The van der Waals surface area contributed by atoms with Crippen molar-refractivity contribution in [1.29, 1.82) is 0 Å². The Morgan fingerprint density at radius 1 is 1.12 bits per heavy atom. The molecule has 0 saturated heterocycles. The molecule has 0 bridgehead atoms. The van der Waals surface area contributed by atoms with Gasteiger partial charge in [0.1, 0.15) is 0 Å². The van der Waals surface area contributed by atoms with Crippen molar-refractivity contribution in [3.63, 3.8) is 0 Å². The molecule has 0 heterocycles. The first-order valence-electron chi connectivity index (χ1n) is 7.64. The highest BCUT2D eigenvalue weighted by atomic mass is 14.6. The van der Waals surface area contributed by atoms with Gasteiger partial charge in [-0.15, -0.1) is 0 Å². The van der Waals surface area contributed by atoms with E-state index in [1.807, 2.05) is 0 Å². The summed E-state index contributed by atoms with van der Waals surface area (Å²) in [7, 11) is 0. The summed E-state index contributed by atoms with van der Waals surface area (Å²) in [6.45, 7) is 12.8. The second-order valence-corrected chi connectivity index (χ2v) is 7.11. The van der Waals surface area contributed by atoms with Gasteiger partial charge in [0, 0.05) is 0 Å². The van der Waals surface area contributed by atoms with Crippen LogP contribution >= 0.6 is 0 Å². The molecular formula is C16H33N. The van der Waals surface area contributed by atoms with E-state index in [1.165, 1.54) is 32.1 Å². The molecule has 0 aromatic carbocycles. The molecule has 17 heavy (non-hydrogen) atoms. The number of hydrogen-bond donors (Lipinski definition) is 1. The minimum atomic E-state index is 0.476. The van der Waals surface area contributed by atoms with Gasteiger partial charge in [0.25, 0.3) is 0 Å². The van der Waals surface area contributed by atoms with E-state index in [4.69, 9.17) is 5.73 Å². The summed E-state index contributed by atoms with van der Waals surface area (Å²) in [6.07, 6.45) is 6.82. The molecule has 0 aromatic heterocycles. The monoisotopic (exact) mass is 239 g/mol. The highest BCUT2D eigenvalue weighted by molar-refractivity contribution is 4.88. The van der Waals surface area contributed by atoms with Crippen LogP contribution in [-0.2, 0) is 0 Å². The van der Waals surface area contributed by atoms with Crippen LogP contribution < -0.4 is 5.73 Å². The molecule has 1 nitrogen and oxygen atoms in total. The fourth-order valence-electron chi connectivity index (χ4n) is 3.82. The molecule has 102 valence electrons. The van der Waals surface area contributed by atoms with Crippen molar-refractivity contribution in [3.8, 4) is 0 Å². The van der Waals surface area contributed by atoms with Gasteiger partial charge < -0.3 is 5.73 Å². The van der Waals surface area contributed by atoms with Gasteiger partial charge in [-0.3, -0.25) is 0 Å². The lowest BCUT2D eigenvalue weighted by Gasteiger charge is -2.44. The predicted molar refractivity (Wildman–Crippen MR) is 76.9 cm³/mol. The van der Waals surface area contributed by atoms with E-state index in [1.54, 1.807) is 0 Å². The van der Waals surface area contributed by atoms with Crippen LogP contribution in [0.1, 0.15) is 66.7 Å². The second-order valence-electron chi connectivity index (χ2n) is 7.11. The SMILES string of the molecule is CCC(CC)C1CC(C(C)(C)C)CCC1CN. The van der Waals surface area contributed by atoms with Crippen LogP contribution in [0.25, 0.3) is 0 Å². The van der Waals surface area contributed by atoms with Gasteiger partial charge in [0.05, 0.1) is 0 Å². The molecular weight excluding hydrogens is 206 g/mol. The van der Waals surface area contributed by atoms with Crippen LogP contribution in [0.3, 0.4) is 0 Å². The van der Waals surface area contributed by atoms with E-state index in [9.17, 15) is 0 Å². The molecule has 1 aliphatic rings. The van der Waals surface area contributed by atoms with Gasteiger partial charge in [-0.2, -0.15) is 0 Å². The van der Waals surface area contributed by atoms with Gasteiger partial charge in [-0.25, -0.2) is 0 Å². The fourth-order valence-corrected chi connectivity index (χ4v) is 3.82. The van der Waals surface area contributed by atoms with E-state index in [0.29, 0.717) is 5.41 Å². The molecule has 3 atom stereocenters. The summed E-state index contributed by atoms with van der Waals surface area (Å²) < 4.78 is 0. The zero-order chi connectivity index (χ0) is 13.1. The molecule has 3 unspecified atom stereocenters. The van der Waals surface area contributed by atoms with E-state index in [2.05, 4.69) is 34.6 Å². The van der Waals surface area contributed by atoms with Gasteiger partial charge in [-0.1, -0.05) is 47.5 Å². The average Bonchev–Trinajstić information content (AvgIpc) is 2.29. The number of nitrogens with two attached hydrogens (primary N) is 1. The number of hydrogen-bond acceptors (Lipinski definition) is 1. The summed E-state index contributed by atoms with van der Waals surface area (Å²) in [5, 5.41) is 0. The Morgan fingerprint density at radius 2 is 1.71 bits per heavy atom. The van der Waals surface area contributed by atoms with E-state index >= 15 is 0 Å². The molecule has 1 saturated carbocycles. The van der Waals surface area contributed by atoms with Crippen molar-refractivity contribution >= 4 is 0 Å². The van der Waals surface area contributed by atoms with Gasteiger partial charge in [-0.05, 0) is 54.9 Å². The summed E-state index contributed by atoms with van der Waals surface area (Å²) in [5.74, 6) is 3.47. The van der Waals surface area contributed by atoms with Crippen LogP contribution in [0.4, 0.5) is 0 Å². The summed E-state index contributed by atoms with van der Waals surface area (Å²) in [6, 6.07) is 0. The Balaban J connectivity index is 2.74. The van der Waals surface area contributed by atoms with Crippen LogP contribution in [-0.4, -0.2) is 6.54 Å². The Morgan fingerprint density at radius 3 is 2.12 bits per heavy atom. The lowest BCUT2D eigenvalue weighted by molar-refractivity contribution is 0.0642. The van der Waals surface area contributed by atoms with E-state index in [-0.39, 0.29) is 0 Å². The second kappa shape index (κ2) is 6.22. The average molecular weight is 239 g/mol. The fraction of sp³-hybridized carbons (Fsp3) is 1.00. The zero-order valence-electron chi connectivity index (χ0n) is 12.6. The first kappa shape index (κ1) is 15.0. The lowest BCUT2D eigenvalue weighted by atomic mass is 9.62. The molecule has 1 rings (SSSR count). The highest BCUT2D eigenvalue weighted by Crippen LogP contribution is 2.46. The minimum Gasteiger partial charge on any atom is -0.330 e. The van der Waals surface area contributed by atoms with Crippen molar-refractivity contribution in [3.05, 3.63) is 0 Å². The van der Waals surface area contributed by atoms with Crippen molar-refractivity contribution in [2.45, 2.75) is 66.7 Å². The van der Waals surface area contributed by atoms with E-state index < -0.39 is 0 Å². The molecule has 0 aliphatic heterocycles. The van der Waals surface area contributed by atoms with Crippen LogP contribution in [0, 0.1) is 29.1 Å². The first-order valence-corrected chi connectivity index (χ1v) is 7.64. The zero-order valence-corrected chi connectivity index (χ0v) is 12.6. The quantitative estimate of drug-likeness (QED) is 0.770. The molecule has 1 heteroatoms. The Kier molecular flexibility index (Phi) is 5.50. The van der Waals surface area contributed by atoms with Crippen molar-refractivity contribution in [2.75, 3.05) is 6.54 Å². The lowest BCUT2D eigenvalue weighted by Crippen LogP contribution is -2.38. The third-order valence-electron chi connectivity index (χ3n) is 5.23. The molecule has 1 aliphatic carbocycles. The molecule has 1 fully saturated rings. The van der Waals surface area contributed by atoms with Crippen molar-refractivity contribution < 1.29 is 0 Å². The summed E-state index contributed by atoms with van der Waals surface area (Å²) in [5.41, 5.74) is 6.47. The minimum absolute atomic E-state index is 0.476. The summed E-state index contributed by atoms with van der Waals surface area (Å²) >= 11 is 0. The molecule has 0 aromatic rings. The van der Waals surface area contributed by atoms with Gasteiger partial charge in [0.15, 0.2) is 0 Å². The Bertz CT molecular complexity index is 205. The largest absolute Gasteiger partial charge is 0.330 e. The van der Waals surface area contributed by atoms with Crippen molar-refractivity contribution in [2.24, 2.45) is 34.8 Å². The Labute approximate surface area is 109 Å². The van der Waals surface area contributed by atoms with Crippen LogP contribution in [0.5, 0.6) is 0 Å². The highest BCUT2D eigenvalue weighted by Gasteiger charge is 2.37. The molecule has 0 radical (unpaired) electrons. The van der Waals surface area contributed by atoms with Crippen molar-refractivity contribution in [1.82, 2.24) is 0 Å². The summed E-state index contributed by atoms with van der Waals surface area (Å²) in [4.78, 5) is 0. The maximum atomic E-state index is 6.00. The van der Waals surface area contributed by atoms with Gasteiger partial charge >= 0.3 is 0 Å². The van der Waals surface area contributed by atoms with Crippen LogP contribution in [0.15, 0.2) is 0 Å².